The van der Waals surface area contributed by atoms with Crippen LogP contribution in [0.5, 0.6) is 0 Å². The van der Waals surface area contributed by atoms with Gasteiger partial charge in [-0.25, -0.2) is 8.78 Å². The second-order valence-corrected chi connectivity index (χ2v) is 4.26. The van der Waals surface area contributed by atoms with E-state index in [1.54, 1.807) is 12.1 Å². The summed E-state index contributed by atoms with van der Waals surface area (Å²) in [4.78, 5) is 0. The third-order valence-electron chi connectivity index (χ3n) is 3.02. The Balaban J connectivity index is 2.37. The van der Waals surface area contributed by atoms with Crippen LogP contribution in [0.25, 0.3) is 11.1 Å². The van der Waals surface area contributed by atoms with Crippen molar-refractivity contribution >= 4 is 0 Å². The van der Waals surface area contributed by atoms with Gasteiger partial charge in [-0.3, -0.25) is 0 Å². The summed E-state index contributed by atoms with van der Waals surface area (Å²) in [5.74, 6) is -0.871. The van der Waals surface area contributed by atoms with E-state index < -0.39 is 11.6 Å². The van der Waals surface area contributed by atoms with Crippen molar-refractivity contribution in [2.75, 3.05) is 0 Å². The number of hydrogen-bond acceptors (Lipinski definition) is 1. The van der Waals surface area contributed by atoms with Gasteiger partial charge in [0.15, 0.2) is 0 Å². The van der Waals surface area contributed by atoms with Gasteiger partial charge in [0.25, 0.3) is 0 Å². The SMILES string of the molecule is CCC(N)c1ccc(-c2cc(F)ccc2F)cc1. The molecule has 0 fully saturated rings. The maximum Gasteiger partial charge on any atom is 0.131 e. The predicted molar refractivity (Wildman–Crippen MR) is 69.0 cm³/mol. The fourth-order valence-electron chi connectivity index (χ4n) is 1.86. The minimum atomic E-state index is -0.444. The monoisotopic (exact) mass is 247 g/mol. The van der Waals surface area contributed by atoms with Crippen molar-refractivity contribution in [3.63, 3.8) is 0 Å². The predicted octanol–water partition coefficient (Wildman–Crippen LogP) is 4.04. The molecule has 0 aliphatic heterocycles. The largest absolute Gasteiger partial charge is 0.324 e. The fraction of sp³-hybridized carbons (Fsp3) is 0.200. The summed E-state index contributed by atoms with van der Waals surface area (Å²) in [5, 5.41) is 0. The molecule has 3 heteroatoms. The molecule has 0 heterocycles. The molecule has 18 heavy (non-hydrogen) atoms. The van der Waals surface area contributed by atoms with Gasteiger partial charge < -0.3 is 5.73 Å². The van der Waals surface area contributed by atoms with Crippen molar-refractivity contribution < 1.29 is 8.78 Å². The van der Waals surface area contributed by atoms with Gasteiger partial charge in [-0.15, -0.1) is 0 Å². The number of rotatable bonds is 3. The zero-order valence-corrected chi connectivity index (χ0v) is 10.2. The average Bonchev–Trinajstić information content (AvgIpc) is 2.41. The highest BCUT2D eigenvalue weighted by atomic mass is 19.1. The van der Waals surface area contributed by atoms with E-state index in [-0.39, 0.29) is 11.6 Å². The summed E-state index contributed by atoms with van der Waals surface area (Å²) >= 11 is 0. The van der Waals surface area contributed by atoms with Gasteiger partial charge in [0.05, 0.1) is 0 Å². The molecule has 2 rings (SSSR count). The Hall–Kier alpha value is -1.74. The highest BCUT2D eigenvalue weighted by Gasteiger charge is 2.08. The van der Waals surface area contributed by atoms with Crippen LogP contribution in [0.2, 0.25) is 0 Å². The van der Waals surface area contributed by atoms with Gasteiger partial charge >= 0.3 is 0 Å². The Morgan fingerprint density at radius 3 is 2.33 bits per heavy atom. The first-order valence-electron chi connectivity index (χ1n) is 5.92. The molecule has 2 N–H and O–H groups in total. The van der Waals surface area contributed by atoms with Crippen molar-refractivity contribution in [2.24, 2.45) is 5.73 Å². The maximum atomic E-state index is 13.6. The second kappa shape index (κ2) is 5.27. The van der Waals surface area contributed by atoms with Gasteiger partial charge in [0, 0.05) is 11.6 Å². The van der Waals surface area contributed by atoms with Crippen LogP contribution >= 0.6 is 0 Å². The Bertz CT molecular complexity index is 535. The van der Waals surface area contributed by atoms with E-state index in [0.717, 1.165) is 24.1 Å². The molecular formula is C15H15F2N. The third-order valence-corrected chi connectivity index (χ3v) is 3.02. The molecule has 0 saturated heterocycles. The first-order chi connectivity index (χ1) is 8.61. The minimum Gasteiger partial charge on any atom is -0.324 e. The summed E-state index contributed by atoms with van der Waals surface area (Å²) in [6, 6.07) is 10.7. The molecule has 0 radical (unpaired) electrons. The summed E-state index contributed by atoms with van der Waals surface area (Å²) in [5.41, 5.74) is 7.82. The van der Waals surface area contributed by atoms with Crippen molar-refractivity contribution in [2.45, 2.75) is 19.4 Å². The molecule has 1 atom stereocenters. The lowest BCUT2D eigenvalue weighted by Gasteiger charge is -2.10. The highest BCUT2D eigenvalue weighted by Crippen LogP contribution is 2.25. The molecule has 0 spiro atoms. The summed E-state index contributed by atoms with van der Waals surface area (Å²) in [6.07, 6.45) is 0.841. The van der Waals surface area contributed by atoms with Crippen molar-refractivity contribution in [3.8, 4) is 11.1 Å². The van der Waals surface area contributed by atoms with Crippen LogP contribution in [0, 0.1) is 11.6 Å². The lowest BCUT2D eigenvalue weighted by Crippen LogP contribution is -2.08. The highest BCUT2D eigenvalue weighted by molar-refractivity contribution is 5.64. The number of benzene rings is 2. The Kier molecular flexibility index (Phi) is 3.72. The summed E-state index contributed by atoms with van der Waals surface area (Å²) < 4.78 is 26.7. The molecule has 1 nitrogen and oxygen atoms in total. The van der Waals surface area contributed by atoms with Crippen LogP contribution in [0.1, 0.15) is 24.9 Å². The molecule has 2 aromatic rings. The van der Waals surface area contributed by atoms with E-state index >= 15 is 0 Å². The normalized spacial score (nSPS) is 12.4. The van der Waals surface area contributed by atoms with Crippen LogP contribution in [-0.4, -0.2) is 0 Å². The first-order valence-corrected chi connectivity index (χ1v) is 5.92. The standard InChI is InChI=1S/C15H15F2N/c1-2-15(18)11-5-3-10(4-6-11)13-9-12(16)7-8-14(13)17/h3-9,15H,2,18H2,1H3. The van der Waals surface area contributed by atoms with Crippen LogP contribution < -0.4 is 5.73 Å². The zero-order chi connectivity index (χ0) is 13.1. The van der Waals surface area contributed by atoms with Gasteiger partial charge in [-0.1, -0.05) is 31.2 Å². The molecule has 0 amide bonds. The van der Waals surface area contributed by atoms with E-state index in [0.29, 0.717) is 5.56 Å². The van der Waals surface area contributed by atoms with Crippen LogP contribution in [-0.2, 0) is 0 Å². The van der Waals surface area contributed by atoms with Crippen LogP contribution in [0.4, 0.5) is 8.78 Å². The van der Waals surface area contributed by atoms with E-state index in [9.17, 15) is 8.78 Å². The molecule has 0 aromatic heterocycles. The molecule has 0 saturated carbocycles. The van der Waals surface area contributed by atoms with Crippen LogP contribution in [0.15, 0.2) is 42.5 Å². The Morgan fingerprint density at radius 1 is 1.06 bits per heavy atom. The molecule has 1 unspecified atom stereocenters. The van der Waals surface area contributed by atoms with Gasteiger partial charge in [0.1, 0.15) is 11.6 Å². The lowest BCUT2D eigenvalue weighted by molar-refractivity contribution is 0.603. The average molecular weight is 247 g/mol. The second-order valence-electron chi connectivity index (χ2n) is 4.26. The van der Waals surface area contributed by atoms with Crippen molar-refractivity contribution in [1.29, 1.82) is 0 Å². The first kappa shape index (κ1) is 12.7. The molecule has 0 aliphatic rings. The van der Waals surface area contributed by atoms with Gasteiger partial charge in [0.2, 0.25) is 0 Å². The fourth-order valence-corrected chi connectivity index (χ4v) is 1.86. The minimum absolute atomic E-state index is 0.0172. The number of halogens is 2. The third kappa shape index (κ3) is 2.57. The topological polar surface area (TPSA) is 26.0 Å². The van der Waals surface area contributed by atoms with E-state index in [4.69, 9.17) is 5.73 Å². The zero-order valence-electron chi connectivity index (χ0n) is 10.2. The summed E-state index contributed by atoms with van der Waals surface area (Å²) in [7, 11) is 0. The molecular weight excluding hydrogens is 232 g/mol. The maximum absolute atomic E-state index is 13.6. The quantitative estimate of drug-likeness (QED) is 0.870. The molecule has 2 aromatic carbocycles. The van der Waals surface area contributed by atoms with E-state index in [2.05, 4.69) is 0 Å². The van der Waals surface area contributed by atoms with Crippen molar-refractivity contribution in [1.82, 2.24) is 0 Å². The Morgan fingerprint density at radius 2 is 1.72 bits per heavy atom. The smallest absolute Gasteiger partial charge is 0.131 e. The molecule has 94 valence electrons. The lowest BCUT2D eigenvalue weighted by atomic mass is 10.00. The molecule has 0 bridgehead atoms. The molecule has 0 aliphatic carbocycles. The van der Waals surface area contributed by atoms with Gasteiger partial charge in [-0.05, 0) is 35.7 Å². The van der Waals surface area contributed by atoms with Crippen LogP contribution in [0.3, 0.4) is 0 Å². The number of nitrogens with two attached hydrogens (primary N) is 1. The van der Waals surface area contributed by atoms with Gasteiger partial charge in [-0.2, -0.15) is 0 Å². The van der Waals surface area contributed by atoms with E-state index in [1.165, 1.54) is 6.07 Å². The number of hydrogen-bond donors (Lipinski definition) is 1. The van der Waals surface area contributed by atoms with Crippen molar-refractivity contribution in [3.05, 3.63) is 59.7 Å². The van der Waals surface area contributed by atoms with E-state index in [1.807, 2.05) is 19.1 Å². The summed E-state index contributed by atoms with van der Waals surface area (Å²) in [6.45, 7) is 2.00. The Labute approximate surface area is 105 Å².